The van der Waals surface area contributed by atoms with Gasteiger partial charge < -0.3 is 15.0 Å². The molecular formula is C19H24N2O4. The molecule has 6 heteroatoms. The number of hydrogen-bond donors (Lipinski definition) is 1. The predicted octanol–water partition coefficient (Wildman–Crippen LogP) is 1.59. The van der Waals surface area contributed by atoms with E-state index in [-0.39, 0.29) is 23.7 Å². The molecule has 0 radical (unpaired) electrons. The molecule has 0 saturated carbocycles. The van der Waals surface area contributed by atoms with Crippen molar-refractivity contribution in [2.24, 2.45) is 5.92 Å². The van der Waals surface area contributed by atoms with Crippen LogP contribution < -0.4 is 5.32 Å². The van der Waals surface area contributed by atoms with E-state index in [0.29, 0.717) is 31.7 Å². The maximum absolute atomic E-state index is 12.8. The minimum absolute atomic E-state index is 0.0374. The summed E-state index contributed by atoms with van der Waals surface area (Å²) >= 11 is 0. The van der Waals surface area contributed by atoms with Crippen LogP contribution >= 0.6 is 0 Å². The Hall–Kier alpha value is -2.37. The Morgan fingerprint density at radius 1 is 1.16 bits per heavy atom. The molecule has 2 aliphatic rings. The van der Waals surface area contributed by atoms with Crippen molar-refractivity contribution in [3.63, 3.8) is 0 Å². The molecule has 2 fully saturated rings. The number of hydrogen-bond acceptors (Lipinski definition) is 4. The number of aryl methyl sites for hydroxylation is 2. The van der Waals surface area contributed by atoms with Crippen molar-refractivity contribution in [2.45, 2.75) is 39.2 Å². The number of nitrogens with zero attached hydrogens (tertiary/aromatic N) is 1. The molecular weight excluding hydrogens is 320 g/mol. The molecule has 1 unspecified atom stereocenters. The number of rotatable bonds is 3. The van der Waals surface area contributed by atoms with Gasteiger partial charge in [-0.25, -0.2) is 4.79 Å². The number of carbonyl (C=O) groups is 3. The third-order valence-electron chi connectivity index (χ3n) is 4.80. The molecule has 2 aliphatic heterocycles. The van der Waals surface area contributed by atoms with Gasteiger partial charge >= 0.3 is 5.97 Å². The van der Waals surface area contributed by atoms with Gasteiger partial charge in [0.2, 0.25) is 5.91 Å². The van der Waals surface area contributed by atoms with Crippen LogP contribution in [-0.4, -0.2) is 48.4 Å². The van der Waals surface area contributed by atoms with E-state index in [9.17, 15) is 14.4 Å². The van der Waals surface area contributed by atoms with E-state index in [2.05, 4.69) is 5.32 Å². The van der Waals surface area contributed by atoms with Crippen molar-refractivity contribution in [1.29, 1.82) is 0 Å². The summed E-state index contributed by atoms with van der Waals surface area (Å²) < 4.78 is 4.88. The lowest BCUT2D eigenvalue weighted by Crippen LogP contribution is -2.48. The van der Waals surface area contributed by atoms with Crippen LogP contribution in [0.25, 0.3) is 0 Å². The maximum Gasteiger partial charge on any atom is 0.328 e. The molecule has 1 aromatic carbocycles. The summed E-state index contributed by atoms with van der Waals surface area (Å²) in [5, 5.41) is 2.76. The fourth-order valence-corrected chi connectivity index (χ4v) is 3.57. The number of piperidine rings is 1. The number of cyclic esters (lactones) is 1. The molecule has 134 valence electrons. The second-order valence-corrected chi connectivity index (χ2v) is 6.98. The topological polar surface area (TPSA) is 75.7 Å². The average molecular weight is 344 g/mol. The second-order valence-electron chi connectivity index (χ2n) is 6.98. The van der Waals surface area contributed by atoms with E-state index in [1.165, 1.54) is 0 Å². The summed E-state index contributed by atoms with van der Waals surface area (Å²) in [6.45, 7) is 5.33. The van der Waals surface area contributed by atoms with Crippen LogP contribution in [0.4, 0.5) is 0 Å². The van der Waals surface area contributed by atoms with Crippen LogP contribution in [0.3, 0.4) is 0 Å². The standard InChI is InChI=1S/C19H24N2O4/c1-12-8-13(2)10-15(9-12)18(23)21-6-3-4-14(11-21)17(22)20-16-5-7-25-19(16)24/h8-10,14,16H,3-7,11H2,1-2H3,(H,20,22)/t14?,16-/m0/s1. The number of likely N-dealkylation sites (tertiary alicyclic amines) is 1. The largest absolute Gasteiger partial charge is 0.464 e. The molecule has 0 bridgehead atoms. The molecule has 0 aromatic heterocycles. The first-order valence-corrected chi connectivity index (χ1v) is 8.78. The van der Waals surface area contributed by atoms with Crippen LogP contribution in [0.2, 0.25) is 0 Å². The highest BCUT2D eigenvalue weighted by Crippen LogP contribution is 2.21. The Morgan fingerprint density at radius 3 is 2.52 bits per heavy atom. The van der Waals surface area contributed by atoms with Gasteiger partial charge in [-0.15, -0.1) is 0 Å². The van der Waals surface area contributed by atoms with Gasteiger partial charge in [-0.3, -0.25) is 9.59 Å². The Kier molecular flexibility index (Phi) is 5.06. The zero-order valence-electron chi connectivity index (χ0n) is 14.7. The Balaban J connectivity index is 1.65. The summed E-state index contributed by atoms with van der Waals surface area (Å²) in [5.41, 5.74) is 2.77. The fraction of sp³-hybridized carbons (Fsp3) is 0.526. The van der Waals surface area contributed by atoms with Gasteiger partial charge in [-0.05, 0) is 38.8 Å². The van der Waals surface area contributed by atoms with Gasteiger partial charge in [-0.1, -0.05) is 17.2 Å². The predicted molar refractivity (Wildman–Crippen MR) is 92.1 cm³/mol. The molecule has 0 aliphatic carbocycles. The number of ether oxygens (including phenoxy) is 1. The number of benzene rings is 1. The third kappa shape index (κ3) is 4.00. The van der Waals surface area contributed by atoms with Crippen molar-refractivity contribution >= 4 is 17.8 Å². The first kappa shape index (κ1) is 17.5. The van der Waals surface area contributed by atoms with Gasteiger partial charge in [-0.2, -0.15) is 0 Å². The van der Waals surface area contributed by atoms with Crippen LogP contribution in [0.15, 0.2) is 18.2 Å². The highest BCUT2D eigenvalue weighted by atomic mass is 16.5. The highest BCUT2D eigenvalue weighted by molar-refractivity contribution is 5.95. The normalized spacial score (nSPS) is 23.3. The third-order valence-corrected chi connectivity index (χ3v) is 4.80. The monoisotopic (exact) mass is 344 g/mol. The van der Waals surface area contributed by atoms with Crippen LogP contribution in [0.1, 0.15) is 40.7 Å². The molecule has 1 N–H and O–H groups in total. The zero-order valence-corrected chi connectivity index (χ0v) is 14.7. The van der Waals surface area contributed by atoms with Crippen molar-refractivity contribution in [1.82, 2.24) is 10.2 Å². The SMILES string of the molecule is Cc1cc(C)cc(C(=O)N2CCCC(C(=O)N[C@H]3CCOC3=O)C2)c1. The molecule has 2 saturated heterocycles. The van der Waals surface area contributed by atoms with Gasteiger partial charge in [0.15, 0.2) is 0 Å². The Morgan fingerprint density at radius 2 is 1.88 bits per heavy atom. The van der Waals surface area contributed by atoms with Crippen LogP contribution in [0, 0.1) is 19.8 Å². The van der Waals surface area contributed by atoms with Gasteiger partial charge in [0.1, 0.15) is 6.04 Å². The van der Waals surface area contributed by atoms with E-state index in [4.69, 9.17) is 4.74 Å². The number of nitrogens with one attached hydrogen (secondary N) is 1. The minimum atomic E-state index is -0.544. The lowest BCUT2D eigenvalue weighted by molar-refractivity contribution is -0.142. The van der Waals surface area contributed by atoms with Crippen molar-refractivity contribution < 1.29 is 19.1 Å². The molecule has 25 heavy (non-hydrogen) atoms. The second kappa shape index (κ2) is 7.25. The lowest BCUT2D eigenvalue weighted by Gasteiger charge is -2.32. The molecule has 3 rings (SSSR count). The first-order chi connectivity index (χ1) is 11.9. The molecule has 2 amide bonds. The lowest BCUT2D eigenvalue weighted by atomic mass is 9.95. The molecule has 2 heterocycles. The summed E-state index contributed by atoms with van der Waals surface area (Å²) in [6, 6.07) is 5.25. The van der Waals surface area contributed by atoms with E-state index in [0.717, 1.165) is 24.0 Å². The quantitative estimate of drug-likeness (QED) is 0.845. The Bertz CT molecular complexity index is 680. The maximum atomic E-state index is 12.8. The number of carbonyl (C=O) groups excluding carboxylic acids is 3. The summed E-state index contributed by atoms with van der Waals surface area (Å²) in [7, 11) is 0. The summed E-state index contributed by atoms with van der Waals surface area (Å²) in [5.74, 6) is -0.851. The average Bonchev–Trinajstić information content (AvgIpc) is 2.98. The summed E-state index contributed by atoms with van der Waals surface area (Å²) in [4.78, 5) is 38.5. The molecule has 1 aromatic rings. The van der Waals surface area contributed by atoms with Crippen molar-refractivity contribution in [2.75, 3.05) is 19.7 Å². The van der Waals surface area contributed by atoms with Crippen molar-refractivity contribution in [3.8, 4) is 0 Å². The van der Waals surface area contributed by atoms with E-state index in [1.54, 1.807) is 4.90 Å². The minimum Gasteiger partial charge on any atom is -0.464 e. The van der Waals surface area contributed by atoms with Gasteiger partial charge in [0, 0.05) is 25.1 Å². The fourth-order valence-electron chi connectivity index (χ4n) is 3.57. The Labute approximate surface area is 147 Å². The first-order valence-electron chi connectivity index (χ1n) is 8.78. The van der Waals surface area contributed by atoms with Gasteiger partial charge in [0.25, 0.3) is 5.91 Å². The van der Waals surface area contributed by atoms with Crippen LogP contribution in [0.5, 0.6) is 0 Å². The molecule has 6 nitrogen and oxygen atoms in total. The van der Waals surface area contributed by atoms with Gasteiger partial charge in [0.05, 0.1) is 12.5 Å². The van der Waals surface area contributed by atoms with E-state index in [1.807, 2.05) is 32.0 Å². The van der Waals surface area contributed by atoms with Crippen LogP contribution in [-0.2, 0) is 14.3 Å². The highest BCUT2D eigenvalue weighted by Gasteiger charge is 2.33. The molecule has 0 spiro atoms. The molecule has 2 atom stereocenters. The summed E-state index contributed by atoms with van der Waals surface area (Å²) in [6.07, 6.45) is 2.02. The smallest absolute Gasteiger partial charge is 0.328 e. The van der Waals surface area contributed by atoms with Crippen molar-refractivity contribution in [3.05, 3.63) is 34.9 Å². The number of esters is 1. The zero-order chi connectivity index (χ0) is 18.0. The number of amides is 2. The van der Waals surface area contributed by atoms with E-state index >= 15 is 0 Å². The van der Waals surface area contributed by atoms with E-state index < -0.39 is 6.04 Å².